The summed E-state index contributed by atoms with van der Waals surface area (Å²) in [6.45, 7) is 10.2. The number of Topliss-reactive ketones (excluding diaryl/α,β-unsaturated/α-hetero) is 1. The molecule has 1 N–H and O–H groups in total. The monoisotopic (exact) mass is 769 g/mol. The van der Waals surface area contributed by atoms with Crippen LogP contribution in [-0.2, 0) is 54.2 Å². The fraction of sp³-hybridized carbons (Fsp3) is 0.488. The van der Waals surface area contributed by atoms with Crippen molar-refractivity contribution in [1.29, 1.82) is 0 Å². The molecule has 296 valence electrons. The smallest absolute Gasteiger partial charge is 0.339 e. The van der Waals surface area contributed by atoms with Gasteiger partial charge in [-0.1, -0.05) is 62.4 Å². The van der Waals surface area contributed by atoms with Crippen molar-refractivity contribution in [2.45, 2.75) is 110 Å². The maximum absolute atomic E-state index is 15.9. The van der Waals surface area contributed by atoms with E-state index in [4.69, 9.17) is 28.4 Å². The minimum Gasteiger partial charge on any atom is -0.458 e. The minimum atomic E-state index is -2.01. The SMILES string of the molecule is CC(=O)O[C@H]1C(=O)[C@]2(C)[C@@H](OC(=O)c3ccnc4ccccc34)C[C@H]3OC[C@@]3(OC(C)=O)[C@H]2[C@H](OCc2ccccc2)[C@]2(O)C[C@H](OC(C)=O)C(C)=C1C2(C)C. The molecule has 2 aromatic carbocycles. The lowest BCUT2D eigenvalue weighted by Crippen LogP contribution is -2.82. The zero-order valence-corrected chi connectivity index (χ0v) is 32.5. The van der Waals surface area contributed by atoms with Gasteiger partial charge in [-0.05, 0) is 42.7 Å². The van der Waals surface area contributed by atoms with Crippen LogP contribution in [-0.4, -0.2) is 88.1 Å². The maximum Gasteiger partial charge on any atom is 0.339 e. The van der Waals surface area contributed by atoms with Crippen molar-refractivity contribution in [1.82, 2.24) is 4.98 Å². The number of esters is 4. The van der Waals surface area contributed by atoms with Crippen LogP contribution in [0, 0.1) is 16.7 Å². The molecule has 0 unspecified atom stereocenters. The van der Waals surface area contributed by atoms with Crippen LogP contribution in [0.5, 0.6) is 0 Å². The van der Waals surface area contributed by atoms with Gasteiger partial charge >= 0.3 is 23.9 Å². The summed E-state index contributed by atoms with van der Waals surface area (Å²) in [4.78, 5) is 73.3. The Hall–Kier alpha value is -4.98. The molecule has 0 amide bonds. The van der Waals surface area contributed by atoms with Gasteiger partial charge in [-0.2, -0.15) is 0 Å². The molecule has 56 heavy (non-hydrogen) atoms. The van der Waals surface area contributed by atoms with Gasteiger partial charge in [-0.25, -0.2) is 4.79 Å². The van der Waals surface area contributed by atoms with E-state index in [0.29, 0.717) is 16.5 Å². The number of carbonyl (C=O) groups is 5. The summed E-state index contributed by atoms with van der Waals surface area (Å²) >= 11 is 0. The Labute approximate surface area is 324 Å². The van der Waals surface area contributed by atoms with E-state index in [1.165, 1.54) is 33.0 Å². The second-order valence-corrected chi connectivity index (χ2v) is 16.1. The number of ether oxygens (including phenoxy) is 6. The van der Waals surface area contributed by atoms with Crippen LogP contribution in [0.2, 0.25) is 0 Å². The van der Waals surface area contributed by atoms with Crippen LogP contribution in [0.25, 0.3) is 10.9 Å². The molecule has 1 aromatic heterocycles. The number of ketones is 1. The number of hydrogen-bond donors (Lipinski definition) is 1. The average molecular weight is 770 g/mol. The highest BCUT2D eigenvalue weighted by atomic mass is 16.6. The quantitative estimate of drug-likeness (QED) is 0.185. The number of benzene rings is 2. The standard InChI is InChI=1S/C43H47NO12/c1-23-31(53-24(2)45)20-43(50)38(51-21-27-13-9-8-10-14-27)36-41(7,37(48)35(54-25(3)46)34(23)40(43,5)6)32(19-33-42(36,22-52-33)56-26(4)47)55-39(49)29-17-18-44-30-16-12-11-15-28(29)30/h8-18,31-33,35-36,38,50H,19-22H2,1-7H3/t31-,32-,33+,35+,36-,38-,41+,42-,43+/m0/s1. The van der Waals surface area contributed by atoms with E-state index in [1.54, 1.807) is 52.0 Å². The summed E-state index contributed by atoms with van der Waals surface area (Å²) in [5, 5.41) is 14.1. The molecular weight excluding hydrogens is 722 g/mol. The molecule has 7 rings (SSSR count). The molecule has 3 aliphatic carbocycles. The van der Waals surface area contributed by atoms with Crippen LogP contribution in [0.3, 0.4) is 0 Å². The van der Waals surface area contributed by atoms with E-state index in [2.05, 4.69) is 4.98 Å². The molecular formula is C43H47NO12. The van der Waals surface area contributed by atoms with Crippen molar-refractivity contribution >= 4 is 40.6 Å². The fourth-order valence-corrected chi connectivity index (χ4v) is 9.91. The van der Waals surface area contributed by atoms with Gasteiger partial charge in [-0.3, -0.25) is 24.2 Å². The van der Waals surface area contributed by atoms with E-state index < -0.39 is 88.1 Å². The molecule has 2 heterocycles. The van der Waals surface area contributed by atoms with Crippen molar-refractivity contribution in [2.75, 3.05) is 6.61 Å². The van der Waals surface area contributed by atoms with Crippen LogP contribution >= 0.6 is 0 Å². The van der Waals surface area contributed by atoms with Crippen molar-refractivity contribution < 1.29 is 57.5 Å². The number of carbonyl (C=O) groups excluding carboxylic acids is 5. The molecule has 1 aliphatic heterocycles. The summed E-state index contributed by atoms with van der Waals surface area (Å²) in [5.74, 6) is -4.80. The molecule has 13 heteroatoms. The second kappa shape index (κ2) is 14.2. The van der Waals surface area contributed by atoms with Crippen LogP contribution in [0.15, 0.2) is 78.0 Å². The predicted octanol–water partition coefficient (Wildman–Crippen LogP) is 5.00. The highest BCUT2D eigenvalue weighted by Gasteiger charge is 2.78. The molecule has 4 aliphatic rings. The van der Waals surface area contributed by atoms with E-state index >= 15 is 4.79 Å². The topological polar surface area (TPSA) is 174 Å². The second-order valence-electron chi connectivity index (χ2n) is 16.1. The number of aliphatic hydroxyl groups is 1. The summed E-state index contributed by atoms with van der Waals surface area (Å²) in [5.41, 5.74) is -4.72. The van der Waals surface area contributed by atoms with E-state index in [1.807, 2.05) is 30.3 Å². The number of aromatic nitrogens is 1. The van der Waals surface area contributed by atoms with Gasteiger partial charge in [-0.15, -0.1) is 0 Å². The summed E-state index contributed by atoms with van der Waals surface area (Å²) < 4.78 is 37.5. The molecule has 9 atom stereocenters. The Morgan fingerprint density at radius 1 is 0.893 bits per heavy atom. The Bertz CT molecular complexity index is 2130. The Balaban J connectivity index is 1.50. The third-order valence-corrected chi connectivity index (χ3v) is 12.6. The molecule has 2 bridgehead atoms. The number of fused-ring (bicyclic) bond motifs is 6. The number of rotatable bonds is 8. The van der Waals surface area contributed by atoms with Crippen molar-refractivity contribution in [3.8, 4) is 0 Å². The highest BCUT2D eigenvalue weighted by molar-refractivity contribution is 6.03. The zero-order chi connectivity index (χ0) is 40.4. The molecule has 3 aromatic rings. The number of pyridine rings is 1. The largest absolute Gasteiger partial charge is 0.458 e. The minimum absolute atomic E-state index is 0.0521. The maximum atomic E-state index is 15.9. The van der Waals surface area contributed by atoms with Gasteiger partial charge in [0.25, 0.3) is 0 Å². The Morgan fingerprint density at radius 2 is 1.57 bits per heavy atom. The number of para-hydroxylation sites is 1. The fourth-order valence-electron chi connectivity index (χ4n) is 9.91. The van der Waals surface area contributed by atoms with Crippen molar-refractivity contribution in [2.24, 2.45) is 16.7 Å². The molecule has 2 saturated carbocycles. The van der Waals surface area contributed by atoms with Crippen LogP contribution in [0.4, 0.5) is 0 Å². The lowest BCUT2D eigenvalue weighted by Gasteiger charge is -2.68. The first kappa shape index (κ1) is 39.3. The van der Waals surface area contributed by atoms with Gasteiger partial charge in [0, 0.05) is 56.5 Å². The summed E-state index contributed by atoms with van der Waals surface area (Å²) in [6.07, 6.45) is -5.07. The third kappa shape index (κ3) is 6.11. The van der Waals surface area contributed by atoms with Gasteiger partial charge in [0.05, 0.1) is 35.8 Å². The van der Waals surface area contributed by atoms with Gasteiger partial charge in [0.2, 0.25) is 0 Å². The highest BCUT2D eigenvalue weighted by Crippen LogP contribution is 2.65. The van der Waals surface area contributed by atoms with Gasteiger partial charge in [0.15, 0.2) is 17.5 Å². The Kier molecular flexibility index (Phi) is 9.95. The normalized spacial score (nSPS) is 33.1. The predicted molar refractivity (Wildman–Crippen MR) is 199 cm³/mol. The zero-order valence-electron chi connectivity index (χ0n) is 32.5. The molecule has 3 fully saturated rings. The molecule has 0 radical (unpaired) electrons. The first-order valence-electron chi connectivity index (χ1n) is 18.8. The number of nitrogens with zero attached hydrogens (tertiary/aromatic N) is 1. The lowest BCUT2D eigenvalue weighted by atomic mass is 9.44. The number of hydrogen-bond acceptors (Lipinski definition) is 13. The van der Waals surface area contributed by atoms with Crippen molar-refractivity contribution in [3.63, 3.8) is 0 Å². The van der Waals surface area contributed by atoms with E-state index in [9.17, 15) is 24.3 Å². The summed E-state index contributed by atoms with van der Waals surface area (Å²) in [6, 6.07) is 17.8. The average Bonchev–Trinajstić information content (AvgIpc) is 3.13. The van der Waals surface area contributed by atoms with Crippen LogP contribution in [0.1, 0.15) is 77.2 Å². The van der Waals surface area contributed by atoms with Crippen LogP contribution < -0.4 is 0 Å². The van der Waals surface area contributed by atoms with Gasteiger partial charge < -0.3 is 33.5 Å². The van der Waals surface area contributed by atoms with Crippen molar-refractivity contribution in [3.05, 3.63) is 89.1 Å². The molecule has 0 spiro atoms. The Morgan fingerprint density at radius 3 is 2.21 bits per heavy atom. The first-order valence-corrected chi connectivity index (χ1v) is 18.8. The first-order chi connectivity index (χ1) is 26.5. The lowest BCUT2D eigenvalue weighted by molar-refractivity contribution is -0.351. The molecule has 1 saturated heterocycles. The molecule has 13 nitrogen and oxygen atoms in total. The van der Waals surface area contributed by atoms with E-state index in [-0.39, 0.29) is 37.2 Å². The van der Waals surface area contributed by atoms with Gasteiger partial charge in [0.1, 0.15) is 23.9 Å². The third-order valence-electron chi connectivity index (χ3n) is 12.6. The summed E-state index contributed by atoms with van der Waals surface area (Å²) in [7, 11) is 0. The van der Waals surface area contributed by atoms with E-state index in [0.717, 1.165) is 5.56 Å².